The van der Waals surface area contributed by atoms with Gasteiger partial charge < -0.3 is 9.47 Å². The third kappa shape index (κ3) is 7.10. The van der Waals surface area contributed by atoms with Gasteiger partial charge >= 0.3 is 0 Å². The molecular formula is C75H51N5. The SMILES string of the molecule is C1=CCC2C(=C1)N=C(c1cccc(-c3ccc4c(c3)C(c3ccccc3)(c3ccc5c(c3)c3ccccc3n5-c3ccccc3)c3cc(-c5cccc(-c6nc7ccccc7n6-c6ccccc6)c5)ccc3-4)c1)N2c1ccccc1. The molecule has 0 saturated carbocycles. The number of fused-ring (bicyclic) bond motifs is 8. The smallest absolute Gasteiger partial charge is 0.145 e. The summed E-state index contributed by atoms with van der Waals surface area (Å²) in [5.74, 6) is 1.88. The van der Waals surface area contributed by atoms with Crippen molar-refractivity contribution in [1.82, 2.24) is 14.1 Å². The molecule has 13 aromatic rings. The molecule has 5 nitrogen and oxygen atoms in total. The average molecular weight is 1020 g/mol. The summed E-state index contributed by atoms with van der Waals surface area (Å²) in [5.41, 5.74) is 22.2. The predicted octanol–water partition coefficient (Wildman–Crippen LogP) is 18.0. The van der Waals surface area contributed by atoms with Crippen LogP contribution in [0, 0.1) is 0 Å². The second-order valence-electron chi connectivity index (χ2n) is 21.2. The maximum Gasteiger partial charge on any atom is 0.145 e. The van der Waals surface area contributed by atoms with Gasteiger partial charge in [0.05, 0.1) is 39.2 Å². The number of imidazole rings is 1. The van der Waals surface area contributed by atoms with E-state index in [1.807, 2.05) is 0 Å². The molecule has 0 spiro atoms. The molecule has 1 aliphatic heterocycles. The van der Waals surface area contributed by atoms with Crippen molar-refractivity contribution in [2.45, 2.75) is 17.9 Å². The third-order valence-corrected chi connectivity index (χ3v) is 16.9. The van der Waals surface area contributed by atoms with Gasteiger partial charge in [-0.3, -0.25) is 4.57 Å². The Morgan fingerprint density at radius 2 is 0.938 bits per heavy atom. The highest BCUT2D eigenvalue weighted by atomic mass is 15.3. The molecule has 0 radical (unpaired) electrons. The number of hydrogen-bond acceptors (Lipinski definition) is 3. The standard InChI is InChI=1S/C75H51N5/c1-5-25-56(26-6-1)75(57-41-44-70-64(49-57)63-33-13-16-36-69(63)78(70)58-27-7-2-8-28-58)65-47-52(50-21-19-23-54(45-50)73-76-67-34-14-17-37-71(67)79(73)59-29-9-3-10-30-59)39-42-61(65)62-43-40-53(48-66(62)75)51-22-20-24-55(46-51)74-77-68-35-15-18-38-72(68)80(74)60-31-11-4-12-32-60/h1-37,39-49,72H,38H2. The van der Waals surface area contributed by atoms with Crippen LogP contribution in [0.4, 0.5) is 5.69 Å². The maximum absolute atomic E-state index is 5.36. The molecule has 16 rings (SSSR count). The molecule has 2 aromatic heterocycles. The van der Waals surface area contributed by atoms with Gasteiger partial charge in [0.25, 0.3) is 0 Å². The summed E-state index contributed by atoms with van der Waals surface area (Å²) in [6.45, 7) is 0. The van der Waals surface area contributed by atoms with E-state index in [9.17, 15) is 0 Å². The van der Waals surface area contributed by atoms with Gasteiger partial charge in [-0.1, -0.05) is 194 Å². The Labute approximate surface area is 464 Å². The van der Waals surface area contributed by atoms with E-state index in [2.05, 4.69) is 305 Å². The summed E-state index contributed by atoms with van der Waals surface area (Å²) >= 11 is 0. The zero-order chi connectivity index (χ0) is 52.7. The predicted molar refractivity (Wildman–Crippen MR) is 330 cm³/mol. The lowest BCUT2D eigenvalue weighted by Gasteiger charge is -2.34. The summed E-state index contributed by atoms with van der Waals surface area (Å²) in [6.07, 6.45) is 7.47. The molecule has 0 N–H and O–H groups in total. The van der Waals surface area contributed by atoms with Crippen LogP contribution >= 0.6 is 0 Å². The van der Waals surface area contributed by atoms with Gasteiger partial charge in [-0.05, 0) is 159 Å². The van der Waals surface area contributed by atoms with E-state index in [-0.39, 0.29) is 6.04 Å². The summed E-state index contributed by atoms with van der Waals surface area (Å²) in [6, 6.07) is 100. The van der Waals surface area contributed by atoms with Gasteiger partial charge in [0, 0.05) is 39.0 Å². The number of para-hydroxylation sites is 6. The lowest BCUT2D eigenvalue weighted by molar-refractivity contribution is 0.770. The van der Waals surface area contributed by atoms with Gasteiger partial charge in [0.15, 0.2) is 0 Å². The summed E-state index contributed by atoms with van der Waals surface area (Å²) in [4.78, 5) is 13.1. The quantitative estimate of drug-likeness (QED) is 0.144. The lowest BCUT2D eigenvalue weighted by atomic mass is 9.67. The molecule has 2 unspecified atom stereocenters. The van der Waals surface area contributed by atoms with Gasteiger partial charge in [-0.2, -0.15) is 0 Å². The van der Waals surface area contributed by atoms with Crippen molar-refractivity contribution in [2.24, 2.45) is 4.99 Å². The zero-order valence-electron chi connectivity index (χ0n) is 43.7. The van der Waals surface area contributed by atoms with Gasteiger partial charge in [0.1, 0.15) is 11.7 Å². The zero-order valence-corrected chi connectivity index (χ0v) is 43.7. The first-order valence-electron chi connectivity index (χ1n) is 27.7. The highest BCUT2D eigenvalue weighted by molar-refractivity contribution is 6.14. The average Bonchev–Trinajstić information content (AvgIpc) is 4.47. The van der Waals surface area contributed by atoms with E-state index in [1.165, 1.54) is 55.2 Å². The van der Waals surface area contributed by atoms with E-state index in [0.717, 1.165) is 85.3 Å². The molecule has 2 atom stereocenters. The molecule has 0 bridgehead atoms. The Kier molecular flexibility index (Phi) is 10.5. The summed E-state index contributed by atoms with van der Waals surface area (Å²) in [5, 5.41) is 2.44. The molecule has 5 heteroatoms. The fourth-order valence-corrected chi connectivity index (χ4v) is 13.3. The minimum atomic E-state index is -0.729. The van der Waals surface area contributed by atoms with Crippen LogP contribution in [-0.4, -0.2) is 26.0 Å². The van der Waals surface area contributed by atoms with Crippen LogP contribution in [0.2, 0.25) is 0 Å². The first kappa shape index (κ1) is 45.8. The van der Waals surface area contributed by atoms with Crippen molar-refractivity contribution in [2.75, 3.05) is 4.90 Å². The van der Waals surface area contributed by atoms with E-state index >= 15 is 0 Å². The number of nitrogens with zero attached hydrogens (tertiary/aromatic N) is 5. The first-order chi connectivity index (χ1) is 39.7. The number of benzene rings is 11. The van der Waals surface area contributed by atoms with Crippen LogP contribution < -0.4 is 4.90 Å². The van der Waals surface area contributed by atoms with E-state index in [4.69, 9.17) is 9.98 Å². The Morgan fingerprint density at radius 3 is 1.64 bits per heavy atom. The topological polar surface area (TPSA) is 38.4 Å². The second kappa shape index (κ2) is 18.4. The number of allylic oxidation sites excluding steroid dienone is 2. The molecule has 3 aliphatic rings. The summed E-state index contributed by atoms with van der Waals surface area (Å²) in [7, 11) is 0. The molecule has 376 valence electrons. The third-order valence-electron chi connectivity index (χ3n) is 16.9. The van der Waals surface area contributed by atoms with Crippen molar-refractivity contribution in [3.8, 4) is 56.1 Å². The van der Waals surface area contributed by atoms with Crippen LogP contribution in [0.15, 0.2) is 302 Å². The first-order valence-corrected chi connectivity index (χ1v) is 27.7. The van der Waals surface area contributed by atoms with E-state index < -0.39 is 5.41 Å². The van der Waals surface area contributed by atoms with Crippen molar-refractivity contribution in [1.29, 1.82) is 0 Å². The maximum atomic E-state index is 5.36. The molecule has 80 heavy (non-hydrogen) atoms. The van der Waals surface area contributed by atoms with Crippen LogP contribution in [0.5, 0.6) is 0 Å². The molecule has 0 amide bonds. The number of amidine groups is 1. The Balaban J connectivity index is 0.911. The number of aromatic nitrogens is 3. The minimum absolute atomic E-state index is 0.148. The fourth-order valence-electron chi connectivity index (χ4n) is 13.3. The van der Waals surface area contributed by atoms with Crippen molar-refractivity contribution in [3.05, 3.63) is 325 Å². The Bertz CT molecular complexity index is 4680. The second-order valence-corrected chi connectivity index (χ2v) is 21.2. The molecule has 2 aliphatic carbocycles. The van der Waals surface area contributed by atoms with E-state index in [1.54, 1.807) is 0 Å². The largest absolute Gasteiger partial charge is 0.316 e. The van der Waals surface area contributed by atoms with Gasteiger partial charge in [-0.15, -0.1) is 0 Å². The van der Waals surface area contributed by atoms with Gasteiger partial charge in [0.2, 0.25) is 0 Å². The van der Waals surface area contributed by atoms with Crippen molar-refractivity contribution >= 4 is 44.4 Å². The van der Waals surface area contributed by atoms with Crippen molar-refractivity contribution in [3.63, 3.8) is 0 Å². The van der Waals surface area contributed by atoms with Crippen LogP contribution in [0.25, 0.3) is 89.0 Å². The highest BCUT2D eigenvalue weighted by Crippen LogP contribution is 2.58. The number of anilines is 1. The highest BCUT2D eigenvalue weighted by Gasteiger charge is 2.47. The number of hydrogen-bond donors (Lipinski definition) is 0. The Hall–Kier alpha value is -10.4. The monoisotopic (exact) mass is 1020 g/mol. The number of rotatable bonds is 9. The fraction of sp³-hybridized carbons (Fsp3) is 0.0400. The molecule has 0 saturated heterocycles. The Morgan fingerprint density at radius 1 is 0.388 bits per heavy atom. The molecular weight excluding hydrogens is 971 g/mol. The molecule has 11 aromatic carbocycles. The number of aliphatic imine (C=N–C) groups is 1. The minimum Gasteiger partial charge on any atom is -0.316 e. The van der Waals surface area contributed by atoms with Crippen LogP contribution in [-0.2, 0) is 5.41 Å². The lowest BCUT2D eigenvalue weighted by Crippen LogP contribution is -2.36. The molecule has 0 fully saturated rings. The van der Waals surface area contributed by atoms with Crippen molar-refractivity contribution < 1.29 is 0 Å². The summed E-state index contributed by atoms with van der Waals surface area (Å²) < 4.78 is 4.70. The van der Waals surface area contributed by atoms with Crippen LogP contribution in [0.1, 0.15) is 34.2 Å². The normalized spacial score (nSPS) is 16.2. The van der Waals surface area contributed by atoms with Gasteiger partial charge in [-0.25, -0.2) is 9.98 Å². The van der Waals surface area contributed by atoms with E-state index in [0.29, 0.717) is 0 Å². The molecule has 3 heterocycles. The van der Waals surface area contributed by atoms with Crippen LogP contribution in [0.3, 0.4) is 0 Å².